The van der Waals surface area contributed by atoms with Gasteiger partial charge < -0.3 is 9.63 Å². The van der Waals surface area contributed by atoms with E-state index in [0.717, 1.165) is 41.3 Å². The standard InChI is InChI=1S/C16H16BrNO3/c1-9-6-7-11(8-12(9)17)14-13(16(19)20)15(21-18-14)10-4-2-3-5-10/h6-8,10H,2-5H2,1H3,(H,19,20). The third-order valence-electron chi connectivity index (χ3n) is 4.10. The number of aromatic nitrogens is 1. The summed E-state index contributed by atoms with van der Waals surface area (Å²) in [5.74, 6) is -0.247. The molecule has 0 atom stereocenters. The van der Waals surface area contributed by atoms with Crippen LogP contribution in [0, 0.1) is 6.92 Å². The van der Waals surface area contributed by atoms with E-state index in [9.17, 15) is 9.90 Å². The summed E-state index contributed by atoms with van der Waals surface area (Å²) in [6.45, 7) is 1.98. The molecular weight excluding hydrogens is 334 g/mol. The first-order valence-electron chi connectivity index (χ1n) is 7.07. The molecule has 1 heterocycles. The van der Waals surface area contributed by atoms with E-state index < -0.39 is 5.97 Å². The zero-order valence-corrected chi connectivity index (χ0v) is 13.3. The fourth-order valence-electron chi connectivity index (χ4n) is 2.91. The minimum Gasteiger partial charge on any atom is -0.477 e. The second kappa shape index (κ2) is 5.64. The van der Waals surface area contributed by atoms with E-state index in [0.29, 0.717) is 11.5 Å². The van der Waals surface area contributed by atoms with E-state index in [1.807, 2.05) is 25.1 Å². The maximum Gasteiger partial charge on any atom is 0.341 e. The van der Waals surface area contributed by atoms with Gasteiger partial charge in [-0.25, -0.2) is 4.79 Å². The van der Waals surface area contributed by atoms with Gasteiger partial charge in [-0.3, -0.25) is 0 Å². The second-order valence-corrected chi connectivity index (χ2v) is 6.38. The van der Waals surface area contributed by atoms with Crippen molar-refractivity contribution in [2.24, 2.45) is 0 Å². The minimum absolute atomic E-state index is 0.186. The second-order valence-electron chi connectivity index (χ2n) is 5.52. The van der Waals surface area contributed by atoms with Crippen molar-refractivity contribution in [3.05, 3.63) is 39.6 Å². The number of hydrogen-bond acceptors (Lipinski definition) is 3. The van der Waals surface area contributed by atoms with Gasteiger partial charge in [0.1, 0.15) is 11.3 Å². The van der Waals surface area contributed by atoms with E-state index in [2.05, 4.69) is 21.1 Å². The molecule has 0 bridgehead atoms. The van der Waals surface area contributed by atoms with Crippen molar-refractivity contribution in [2.45, 2.75) is 38.5 Å². The van der Waals surface area contributed by atoms with Crippen molar-refractivity contribution in [1.29, 1.82) is 0 Å². The SMILES string of the molecule is Cc1ccc(-c2noc(C3CCCC3)c2C(=O)O)cc1Br. The lowest BCUT2D eigenvalue weighted by atomic mass is 9.97. The monoisotopic (exact) mass is 349 g/mol. The first-order chi connectivity index (χ1) is 10.1. The molecule has 2 aromatic rings. The van der Waals surface area contributed by atoms with Crippen LogP contribution in [-0.4, -0.2) is 16.2 Å². The van der Waals surface area contributed by atoms with Crippen molar-refractivity contribution < 1.29 is 14.4 Å². The number of carboxylic acid groups (broad SMARTS) is 1. The van der Waals surface area contributed by atoms with Crippen LogP contribution in [0.4, 0.5) is 0 Å². The number of carbonyl (C=O) groups is 1. The summed E-state index contributed by atoms with van der Waals surface area (Å²) >= 11 is 3.47. The zero-order chi connectivity index (χ0) is 15.0. The number of halogens is 1. The average molecular weight is 350 g/mol. The smallest absolute Gasteiger partial charge is 0.341 e. The molecule has 1 fully saturated rings. The van der Waals surface area contributed by atoms with Gasteiger partial charge >= 0.3 is 5.97 Å². The Morgan fingerprint density at radius 2 is 2.10 bits per heavy atom. The summed E-state index contributed by atoms with van der Waals surface area (Å²) in [6.07, 6.45) is 4.20. The minimum atomic E-state index is -0.968. The van der Waals surface area contributed by atoms with Gasteiger partial charge in [-0.15, -0.1) is 0 Å². The van der Waals surface area contributed by atoms with Gasteiger partial charge in [0.15, 0.2) is 5.76 Å². The number of benzene rings is 1. The molecule has 1 saturated carbocycles. The molecule has 1 aromatic heterocycles. The van der Waals surface area contributed by atoms with E-state index in [-0.39, 0.29) is 11.5 Å². The maximum atomic E-state index is 11.7. The molecule has 5 heteroatoms. The fourth-order valence-corrected chi connectivity index (χ4v) is 3.29. The molecule has 4 nitrogen and oxygen atoms in total. The molecule has 0 amide bonds. The quantitative estimate of drug-likeness (QED) is 0.866. The number of nitrogens with zero attached hydrogens (tertiary/aromatic N) is 1. The Morgan fingerprint density at radius 1 is 1.38 bits per heavy atom. The molecule has 1 aromatic carbocycles. The zero-order valence-electron chi connectivity index (χ0n) is 11.7. The summed E-state index contributed by atoms with van der Waals surface area (Å²) in [5, 5.41) is 13.6. The predicted molar refractivity (Wildman–Crippen MR) is 82.5 cm³/mol. The third-order valence-corrected chi connectivity index (χ3v) is 4.96. The fraction of sp³-hybridized carbons (Fsp3) is 0.375. The van der Waals surface area contributed by atoms with Gasteiger partial charge in [-0.2, -0.15) is 0 Å². The number of carboxylic acids is 1. The first-order valence-corrected chi connectivity index (χ1v) is 7.86. The van der Waals surface area contributed by atoms with Gasteiger partial charge in [0.25, 0.3) is 0 Å². The number of aromatic carboxylic acids is 1. The van der Waals surface area contributed by atoms with E-state index >= 15 is 0 Å². The van der Waals surface area contributed by atoms with E-state index in [1.54, 1.807) is 0 Å². The van der Waals surface area contributed by atoms with Crippen LogP contribution in [0.3, 0.4) is 0 Å². The molecule has 1 aliphatic rings. The van der Waals surface area contributed by atoms with Gasteiger partial charge in [-0.1, -0.05) is 46.1 Å². The highest BCUT2D eigenvalue weighted by atomic mass is 79.9. The van der Waals surface area contributed by atoms with E-state index in [1.165, 1.54) is 0 Å². The molecule has 0 radical (unpaired) electrons. The van der Waals surface area contributed by atoms with Gasteiger partial charge in [0.2, 0.25) is 0 Å². The molecule has 0 saturated heterocycles. The van der Waals surface area contributed by atoms with Gasteiger partial charge in [0.05, 0.1) is 0 Å². The first kappa shape index (κ1) is 14.3. The lowest BCUT2D eigenvalue weighted by Crippen LogP contribution is -2.04. The van der Waals surface area contributed by atoms with Crippen molar-refractivity contribution in [3.63, 3.8) is 0 Å². The summed E-state index contributed by atoms with van der Waals surface area (Å²) in [7, 11) is 0. The van der Waals surface area contributed by atoms with Crippen LogP contribution in [0.5, 0.6) is 0 Å². The molecule has 1 aliphatic carbocycles. The highest BCUT2D eigenvalue weighted by Gasteiger charge is 2.30. The number of hydrogen-bond donors (Lipinski definition) is 1. The summed E-state index contributed by atoms with van der Waals surface area (Å²) in [6, 6.07) is 5.70. The Labute approximate surface area is 131 Å². The van der Waals surface area contributed by atoms with Crippen LogP contribution in [0.25, 0.3) is 11.3 Å². The lowest BCUT2D eigenvalue weighted by Gasteiger charge is -2.06. The third kappa shape index (κ3) is 2.62. The molecule has 0 unspecified atom stereocenters. The summed E-state index contributed by atoms with van der Waals surface area (Å²) < 4.78 is 6.35. The topological polar surface area (TPSA) is 63.3 Å². The highest BCUT2D eigenvalue weighted by Crippen LogP contribution is 2.39. The number of rotatable bonds is 3. The van der Waals surface area contributed by atoms with E-state index in [4.69, 9.17) is 4.52 Å². The Hall–Kier alpha value is -1.62. The van der Waals surface area contributed by atoms with Gasteiger partial charge in [-0.05, 0) is 31.4 Å². The van der Waals surface area contributed by atoms with Crippen LogP contribution >= 0.6 is 15.9 Å². The predicted octanol–water partition coefficient (Wildman–Crippen LogP) is 4.77. The van der Waals surface area contributed by atoms with Crippen LogP contribution < -0.4 is 0 Å². The summed E-state index contributed by atoms with van der Waals surface area (Å²) in [5.41, 5.74) is 2.50. The molecule has 0 aliphatic heterocycles. The highest BCUT2D eigenvalue weighted by molar-refractivity contribution is 9.10. The Morgan fingerprint density at radius 3 is 2.71 bits per heavy atom. The van der Waals surface area contributed by atoms with Crippen molar-refractivity contribution in [1.82, 2.24) is 5.16 Å². The molecule has 3 rings (SSSR count). The Kier molecular flexibility index (Phi) is 3.85. The summed E-state index contributed by atoms with van der Waals surface area (Å²) in [4.78, 5) is 11.7. The average Bonchev–Trinajstić information content (AvgIpc) is 3.09. The Balaban J connectivity index is 2.09. The Bertz CT molecular complexity index is 687. The number of aryl methyl sites for hydroxylation is 1. The van der Waals surface area contributed by atoms with Crippen molar-refractivity contribution in [2.75, 3.05) is 0 Å². The van der Waals surface area contributed by atoms with Crippen molar-refractivity contribution >= 4 is 21.9 Å². The van der Waals surface area contributed by atoms with Crippen LogP contribution in [0.2, 0.25) is 0 Å². The lowest BCUT2D eigenvalue weighted by molar-refractivity contribution is 0.0694. The molecular formula is C16H16BrNO3. The largest absolute Gasteiger partial charge is 0.477 e. The van der Waals surface area contributed by atoms with Gasteiger partial charge in [0, 0.05) is 16.0 Å². The normalized spacial score (nSPS) is 15.5. The molecule has 21 heavy (non-hydrogen) atoms. The maximum absolute atomic E-state index is 11.7. The molecule has 110 valence electrons. The van der Waals surface area contributed by atoms with Crippen LogP contribution in [-0.2, 0) is 0 Å². The van der Waals surface area contributed by atoms with Crippen LogP contribution in [0.1, 0.15) is 53.3 Å². The molecule has 1 N–H and O–H groups in total. The van der Waals surface area contributed by atoms with Crippen molar-refractivity contribution in [3.8, 4) is 11.3 Å². The molecule has 0 spiro atoms. The van der Waals surface area contributed by atoms with Crippen LogP contribution in [0.15, 0.2) is 27.2 Å².